The Balaban J connectivity index is 1.95. The number of rotatable bonds is 3. The van der Waals surface area contributed by atoms with Gasteiger partial charge in [0, 0.05) is 6.54 Å². The minimum absolute atomic E-state index is 0.243. The first-order valence-corrected chi connectivity index (χ1v) is 7.26. The van der Waals surface area contributed by atoms with Crippen LogP contribution in [-0.4, -0.2) is 30.7 Å². The summed E-state index contributed by atoms with van der Waals surface area (Å²) in [5.41, 5.74) is -1.40. The van der Waals surface area contributed by atoms with Crippen LogP contribution in [0.1, 0.15) is 51.9 Å². The average Bonchev–Trinajstić information content (AvgIpc) is 2.79. The van der Waals surface area contributed by atoms with Crippen molar-refractivity contribution < 1.29 is 13.2 Å². The molecule has 0 aromatic heterocycles. The molecule has 2 aliphatic rings. The monoisotopic (exact) mass is 263 g/mol. The Morgan fingerprint density at radius 1 is 1.11 bits per heavy atom. The van der Waals surface area contributed by atoms with Crippen LogP contribution in [0.15, 0.2) is 0 Å². The van der Waals surface area contributed by atoms with Gasteiger partial charge in [-0.1, -0.05) is 26.2 Å². The van der Waals surface area contributed by atoms with E-state index < -0.39 is 11.6 Å². The molecule has 1 saturated heterocycles. The molecule has 0 aromatic carbocycles. The van der Waals surface area contributed by atoms with Crippen LogP contribution in [0.3, 0.4) is 0 Å². The van der Waals surface area contributed by atoms with Crippen molar-refractivity contribution in [2.24, 2.45) is 11.3 Å². The van der Waals surface area contributed by atoms with Gasteiger partial charge in [-0.2, -0.15) is 13.2 Å². The van der Waals surface area contributed by atoms with Crippen molar-refractivity contribution in [3.63, 3.8) is 0 Å². The van der Waals surface area contributed by atoms with Crippen molar-refractivity contribution in [3.05, 3.63) is 0 Å². The van der Waals surface area contributed by atoms with Crippen LogP contribution in [0.5, 0.6) is 0 Å². The van der Waals surface area contributed by atoms with Crippen LogP contribution in [0.25, 0.3) is 0 Å². The molecule has 0 unspecified atom stereocenters. The Hall–Kier alpha value is -0.250. The van der Waals surface area contributed by atoms with Crippen molar-refractivity contribution in [2.45, 2.75) is 58.0 Å². The lowest BCUT2D eigenvalue weighted by molar-refractivity contribution is -0.228. The molecule has 0 spiro atoms. The van der Waals surface area contributed by atoms with E-state index in [1.165, 1.54) is 0 Å². The number of hydrogen-bond donors (Lipinski definition) is 0. The van der Waals surface area contributed by atoms with Gasteiger partial charge in [-0.05, 0) is 44.7 Å². The van der Waals surface area contributed by atoms with Gasteiger partial charge in [0.05, 0.1) is 5.41 Å². The van der Waals surface area contributed by atoms with E-state index in [-0.39, 0.29) is 6.54 Å². The fourth-order valence-corrected chi connectivity index (χ4v) is 3.56. The summed E-state index contributed by atoms with van der Waals surface area (Å²) in [6, 6.07) is 0. The van der Waals surface area contributed by atoms with Crippen molar-refractivity contribution >= 4 is 0 Å². The van der Waals surface area contributed by atoms with E-state index in [9.17, 15) is 13.2 Å². The highest BCUT2D eigenvalue weighted by Crippen LogP contribution is 2.51. The van der Waals surface area contributed by atoms with Crippen molar-refractivity contribution in [1.82, 2.24) is 4.90 Å². The van der Waals surface area contributed by atoms with Crippen LogP contribution >= 0.6 is 0 Å². The minimum atomic E-state index is -4.02. The van der Waals surface area contributed by atoms with E-state index in [1.807, 2.05) is 0 Å². The molecular weight excluding hydrogens is 239 g/mol. The number of hydrogen-bond acceptors (Lipinski definition) is 1. The molecule has 0 amide bonds. The molecule has 0 radical (unpaired) electrons. The highest BCUT2D eigenvalue weighted by Gasteiger charge is 2.56. The molecule has 1 saturated carbocycles. The lowest BCUT2D eigenvalue weighted by atomic mass is 9.83. The zero-order valence-corrected chi connectivity index (χ0v) is 11.2. The number of alkyl halides is 3. The van der Waals surface area contributed by atoms with Crippen LogP contribution in [0, 0.1) is 11.3 Å². The summed E-state index contributed by atoms with van der Waals surface area (Å²) in [6.45, 7) is 4.13. The second-order valence-corrected chi connectivity index (χ2v) is 6.11. The first-order valence-electron chi connectivity index (χ1n) is 7.26. The van der Waals surface area contributed by atoms with Crippen molar-refractivity contribution in [3.8, 4) is 0 Å². The maximum Gasteiger partial charge on any atom is 0.395 e. The van der Waals surface area contributed by atoms with Gasteiger partial charge >= 0.3 is 6.18 Å². The smallest absolute Gasteiger partial charge is 0.302 e. The van der Waals surface area contributed by atoms with Crippen LogP contribution in [0.4, 0.5) is 13.2 Å². The molecule has 1 aliphatic heterocycles. The predicted octanol–water partition coefficient (Wildman–Crippen LogP) is 4.23. The maximum atomic E-state index is 13.3. The Morgan fingerprint density at radius 2 is 1.67 bits per heavy atom. The standard InChI is InChI=1S/C14H24F3N/c1-2-12-5-9-18(10-6-12)11-13(14(15,16)17)7-3-4-8-13/h12H,2-11H2,1H3. The molecule has 0 aromatic rings. The van der Waals surface area contributed by atoms with Gasteiger partial charge in [0.2, 0.25) is 0 Å². The molecule has 2 rings (SSSR count). The quantitative estimate of drug-likeness (QED) is 0.736. The molecule has 2 fully saturated rings. The van der Waals surface area contributed by atoms with Crippen molar-refractivity contribution in [1.29, 1.82) is 0 Å². The van der Waals surface area contributed by atoms with Crippen LogP contribution in [-0.2, 0) is 0 Å². The first kappa shape index (κ1) is 14.2. The Bertz CT molecular complexity index is 261. The van der Waals surface area contributed by atoms with E-state index in [0.717, 1.165) is 51.1 Å². The third-order valence-corrected chi connectivity index (χ3v) is 4.97. The fraction of sp³-hybridized carbons (Fsp3) is 1.00. The molecule has 0 atom stereocenters. The summed E-state index contributed by atoms with van der Waals surface area (Å²) in [5, 5.41) is 0. The van der Waals surface area contributed by atoms with E-state index in [1.54, 1.807) is 0 Å². The summed E-state index contributed by atoms with van der Waals surface area (Å²) in [5.74, 6) is 0.728. The molecular formula is C14H24F3N. The summed E-state index contributed by atoms with van der Waals surface area (Å²) >= 11 is 0. The third-order valence-electron chi connectivity index (χ3n) is 4.97. The SMILES string of the molecule is CCC1CCN(CC2(C(F)(F)F)CCCC2)CC1. The molecule has 1 nitrogen and oxygen atoms in total. The normalized spacial score (nSPS) is 26.7. The second kappa shape index (κ2) is 5.40. The van der Waals surface area contributed by atoms with Gasteiger partial charge in [-0.15, -0.1) is 0 Å². The van der Waals surface area contributed by atoms with Gasteiger partial charge in [0.1, 0.15) is 0 Å². The molecule has 1 aliphatic carbocycles. The molecule has 0 bridgehead atoms. The molecule has 4 heteroatoms. The Labute approximate surface area is 108 Å². The summed E-state index contributed by atoms with van der Waals surface area (Å²) < 4.78 is 39.9. The maximum absolute atomic E-state index is 13.3. The fourth-order valence-electron chi connectivity index (χ4n) is 3.56. The average molecular weight is 263 g/mol. The van der Waals surface area contributed by atoms with Gasteiger partial charge in [0.15, 0.2) is 0 Å². The highest BCUT2D eigenvalue weighted by atomic mass is 19.4. The summed E-state index contributed by atoms with van der Waals surface area (Å²) in [7, 11) is 0. The zero-order chi connectivity index (χ0) is 13.2. The van der Waals surface area contributed by atoms with E-state index in [4.69, 9.17) is 0 Å². The van der Waals surface area contributed by atoms with Gasteiger partial charge in [0.25, 0.3) is 0 Å². The highest BCUT2D eigenvalue weighted by molar-refractivity contribution is 4.94. The summed E-state index contributed by atoms with van der Waals surface area (Å²) in [6.07, 6.45) is 1.45. The van der Waals surface area contributed by atoms with E-state index in [0.29, 0.717) is 12.8 Å². The minimum Gasteiger partial charge on any atom is -0.302 e. The van der Waals surface area contributed by atoms with Crippen LogP contribution in [0.2, 0.25) is 0 Å². The molecule has 0 N–H and O–H groups in total. The van der Waals surface area contributed by atoms with Crippen LogP contribution < -0.4 is 0 Å². The van der Waals surface area contributed by atoms with Gasteiger partial charge < -0.3 is 4.90 Å². The number of halogens is 3. The zero-order valence-electron chi connectivity index (χ0n) is 11.2. The Morgan fingerprint density at radius 3 is 2.11 bits per heavy atom. The van der Waals surface area contributed by atoms with E-state index in [2.05, 4.69) is 11.8 Å². The number of nitrogens with zero attached hydrogens (tertiary/aromatic N) is 1. The first-order chi connectivity index (χ1) is 8.47. The third kappa shape index (κ3) is 2.84. The molecule has 1 heterocycles. The van der Waals surface area contributed by atoms with Crippen molar-refractivity contribution in [2.75, 3.05) is 19.6 Å². The topological polar surface area (TPSA) is 3.24 Å². The molecule has 106 valence electrons. The van der Waals surface area contributed by atoms with Gasteiger partial charge in [-0.3, -0.25) is 0 Å². The lowest BCUT2D eigenvalue weighted by Gasteiger charge is -2.40. The predicted molar refractivity (Wildman–Crippen MR) is 66.4 cm³/mol. The largest absolute Gasteiger partial charge is 0.395 e. The number of piperidine rings is 1. The second-order valence-electron chi connectivity index (χ2n) is 6.11. The van der Waals surface area contributed by atoms with E-state index >= 15 is 0 Å². The molecule has 18 heavy (non-hydrogen) atoms. The Kier molecular flexibility index (Phi) is 4.25. The summed E-state index contributed by atoms with van der Waals surface area (Å²) in [4.78, 5) is 2.06. The van der Waals surface area contributed by atoms with Gasteiger partial charge in [-0.25, -0.2) is 0 Å². The number of likely N-dealkylation sites (tertiary alicyclic amines) is 1. The lowest BCUT2D eigenvalue weighted by Crippen LogP contribution is -2.48.